The molecule has 3 rings (SSSR count). The molecule has 0 aliphatic rings. The molecular formula is C22H23ClN2O4. The number of rotatable bonds is 8. The second-order valence-corrected chi connectivity index (χ2v) is 6.85. The number of aryl methyl sites for hydroxylation is 1. The van der Waals surface area contributed by atoms with Crippen LogP contribution in [-0.4, -0.2) is 31.2 Å². The van der Waals surface area contributed by atoms with Gasteiger partial charge in [0.1, 0.15) is 6.26 Å². The Balaban J connectivity index is 1.60. The Bertz CT molecular complexity index is 983. The van der Waals surface area contributed by atoms with Crippen LogP contribution in [-0.2, 0) is 6.42 Å². The Morgan fingerprint density at radius 1 is 1.24 bits per heavy atom. The van der Waals surface area contributed by atoms with Crippen molar-refractivity contribution in [2.45, 2.75) is 20.3 Å². The molecule has 0 aliphatic carbocycles. The zero-order valence-corrected chi connectivity index (χ0v) is 17.4. The second-order valence-electron chi connectivity index (χ2n) is 6.44. The molecule has 3 aromatic rings. The third-order valence-electron chi connectivity index (χ3n) is 4.30. The van der Waals surface area contributed by atoms with Crippen molar-refractivity contribution in [2.24, 2.45) is 0 Å². The maximum Gasteiger partial charge on any atom is 0.251 e. The lowest BCUT2D eigenvalue weighted by Crippen LogP contribution is -2.25. The van der Waals surface area contributed by atoms with E-state index in [1.165, 1.54) is 12.7 Å². The number of nitrogens with one attached hydrogen (secondary N) is 1. The fraction of sp³-hybridized carbons (Fsp3) is 0.273. The molecule has 1 amide bonds. The molecular weight excluding hydrogens is 392 g/mol. The van der Waals surface area contributed by atoms with E-state index in [4.69, 9.17) is 25.5 Å². The molecule has 0 atom stereocenters. The van der Waals surface area contributed by atoms with Crippen LogP contribution in [0.2, 0.25) is 5.02 Å². The van der Waals surface area contributed by atoms with Crippen LogP contribution in [0.4, 0.5) is 0 Å². The van der Waals surface area contributed by atoms with E-state index in [1.54, 1.807) is 18.4 Å². The average molecular weight is 415 g/mol. The summed E-state index contributed by atoms with van der Waals surface area (Å²) in [6, 6.07) is 11.1. The maximum absolute atomic E-state index is 12.5. The van der Waals surface area contributed by atoms with Crippen LogP contribution in [0.15, 0.2) is 47.1 Å². The molecule has 29 heavy (non-hydrogen) atoms. The van der Waals surface area contributed by atoms with Crippen molar-refractivity contribution in [2.75, 3.05) is 20.3 Å². The Morgan fingerprint density at radius 2 is 2.00 bits per heavy atom. The van der Waals surface area contributed by atoms with Gasteiger partial charge in [0.25, 0.3) is 5.91 Å². The zero-order valence-electron chi connectivity index (χ0n) is 16.6. The number of nitrogens with zero attached hydrogens (tertiary/aromatic N) is 1. The third kappa shape index (κ3) is 5.09. The van der Waals surface area contributed by atoms with Crippen LogP contribution >= 0.6 is 11.6 Å². The molecule has 152 valence electrons. The molecule has 1 heterocycles. The molecule has 6 nitrogen and oxygen atoms in total. The van der Waals surface area contributed by atoms with Crippen LogP contribution in [0.1, 0.15) is 28.5 Å². The van der Waals surface area contributed by atoms with Crippen LogP contribution in [0.3, 0.4) is 0 Å². The standard InChI is InChI=1S/C22H23ClN2O4/c1-4-28-20-18(23)11-16(12-19(20)27-3)21(26)24-10-9-17-13-29-22(25-17)15-7-5-14(2)6-8-15/h5-8,11-13H,4,9-10H2,1-3H3,(H,24,26). The van der Waals surface area contributed by atoms with E-state index in [1.807, 2.05) is 38.1 Å². The van der Waals surface area contributed by atoms with Crippen LogP contribution in [0.25, 0.3) is 11.5 Å². The lowest BCUT2D eigenvalue weighted by atomic mass is 10.1. The molecule has 0 radical (unpaired) electrons. The van der Waals surface area contributed by atoms with E-state index in [-0.39, 0.29) is 5.91 Å². The highest BCUT2D eigenvalue weighted by atomic mass is 35.5. The first-order chi connectivity index (χ1) is 14.0. The zero-order chi connectivity index (χ0) is 20.8. The summed E-state index contributed by atoms with van der Waals surface area (Å²) in [6.45, 7) is 4.74. The minimum absolute atomic E-state index is 0.254. The fourth-order valence-corrected chi connectivity index (χ4v) is 3.06. The fourth-order valence-electron chi connectivity index (χ4n) is 2.79. The first-order valence-corrected chi connectivity index (χ1v) is 9.69. The van der Waals surface area contributed by atoms with Crippen LogP contribution < -0.4 is 14.8 Å². The lowest BCUT2D eigenvalue weighted by Gasteiger charge is -2.13. The number of carbonyl (C=O) groups is 1. The third-order valence-corrected chi connectivity index (χ3v) is 4.58. The highest BCUT2D eigenvalue weighted by Gasteiger charge is 2.16. The van der Waals surface area contributed by atoms with E-state index < -0.39 is 0 Å². The van der Waals surface area contributed by atoms with Crippen molar-refractivity contribution in [1.82, 2.24) is 10.3 Å². The molecule has 0 aliphatic heterocycles. The lowest BCUT2D eigenvalue weighted by molar-refractivity contribution is 0.0953. The first-order valence-electron chi connectivity index (χ1n) is 9.31. The normalized spacial score (nSPS) is 10.6. The predicted octanol–water partition coefficient (Wildman–Crippen LogP) is 4.68. The maximum atomic E-state index is 12.5. The number of ether oxygens (including phenoxy) is 2. The van der Waals surface area contributed by atoms with Gasteiger partial charge >= 0.3 is 0 Å². The smallest absolute Gasteiger partial charge is 0.251 e. The van der Waals surface area contributed by atoms with E-state index >= 15 is 0 Å². The Hall–Kier alpha value is -2.99. The number of oxazole rings is 1. The average Bonchev–Trinajstić information content (AvgIpc) is 3.18. The van der Waals surface area contributed by atoms with Crippen LogP contribution in [0, 0.1) is 6.92 Å². The van der Waals surface area contributed by atoms with Gasteiger partial charge in [-0.1, -0.05) is 29.3 Å². The number of hydrogen-bond acceptors (Lipinski definition) is 5. The summed E-state index contributed by atoms with van der Waals surface area (Å²) in [5, 5.41) is 3.19. The molecule has 0 bridgehead atoms. The Morgan fingerprint density at radius 3 is 2.69 bits per heavy atom. The topological polar surface area (TPSA) is 73.6 Å². The number of amides is 1. The molecule has 0 fully saturated rings. The van der Waals surface area contributed by atoms with Crippen molar-refractivity contribution in [1.29, 1.82) is 0 Å². The summed E-state index contributed by atoms with van der Waals surface area (Å²) in [5.41, 5.74) is 3.26. The largest absolute Gasteiger partial charge is 0.493 e. The molecule has 0 unspecified atom stereocenters. The van der Waals surface area contributed by atoms with Gasteiger partial charge in [-0.15, -0.1) is 0 Å². The highest BCUT2D eigenvalue weighted by Crippen LogP contribution is 2.36. The number of hydrogen-bond donors (Lipinski definition) is 1. The van der Waals surface area contributed by atoms with Gasteiger partial charge in [0.15, 0.2) is 11.5 Å². The van der Waals surface area contributed by atoms with Gasteiger partial charge in [-0.2, -0.15) is 0 Å². The van der Waals surface area contributed by atoms with Gasteiger partial charge in [-0.3, -0.25) is 4.79 Å². The van der Waals surface area contributed by atoms with E-state index in [0.717, 1.165) is 11.3 Å². The Labute approximate surface area is 174 Å². The van der Waals surface area contributed by atoms with Gasteiger partial charge in [0.05, 0.1) is 24.4 Å². The van der Waals surface area contributed by atoms with E-state index in [2.05, 4.69) is 10.3 Å². The summed E-state index contributed by atoms with van der Waals surface area (Å²) in [7, 11) is 1.51. The molecule has 7 heteroatoms. The summed E-state index contributed by atoms with van der Waals surface area (Å²) in [6.07, 6.45) is 2.15. The molecule has 1 N–H and O–H groups in total. The van der Waals surface area contributed by atoms with Gasteiger partial charge in [0, 0.05) is 24.1 Å². The van der Waals surface area contributed by atoms with Crippen LogP contribution in [0.5, 0.6) is 11.5 Å². The number of aromatic nitrogens is 1. The van der Waals surface area contributed by atoms with Crippen molar-refractivity contribution < 1.29 is 18.7 Å². The minimum Gasteiger partial charge on any atom is -0.493 e. The van der Waals surface area contributed by atoms with Gasteiger partial charge in [-0.25, -0.2) is 4.98 Å². The molecule has 0 saturated carbocycles. The van der Waals surface area contributed by atoms with Crippen molar-refractivity contribution in [3.05, 3.63) is 64.5 Å². The van der Waals surface area contributed by atoms with Gasteiger partial charge < -0.3 is 19.2 Å². The number of methoxy groups -OCH3 is 1. The predicted molar refractivity (Wildman–Crippen MR) is 112 cm³/mol. The Kier molecular flexibility index (Phi) is 6.77. The summed E-state index contributed by atoms with van der Waals surface area (Å²) < 4.78 is 16.3. The molecule has 2 aromatic carbocycles. The van der Waals surface area contributed by atoms with Crippen molar-refractivity contribution in [3.8, 4) is 23.0 Å². The van der Waals surface area contributed by atoms with Crippen molar-refractivity contribution in [3.63, 3.8) is 0 Å². The van der Waals surface area contributed by atoms with E-state index in [9.17, 15) is 4.79 Å². The number of benzene rings is 2. The quantitative estimate of drug-likeness (QED) is 0.579. The minimum atomic E-state index is -0.254. The molecule has 0 spiro atoms. The van der Waals surface area contributed by atoms with E-state index in [0.29, 0.717) is 47.5 Å². The number of carbonyl (C=O) groups excluding carboxylic acids is 1. The number of halogens is 1. The molecule has 1 aromatic heterocycles. The van der Waals surface area contributed by atoms with Gasteiger partial charge in [-0.05, 0) is 38.1 Å². The summed E-state index contributed by atoms with van der Waals surface area (Å²) in [5.74, 6) is 1.16. The van der Waals surface area contributed by atoms with Gasteiger partial charge in [0.2, 0.25) is 5.89 Å². The summed E-state index contributed by atoms with van der Waals surface area (Å²) in [4.78, 5) is 17.0. The first kappa shape index (κ1) is 20.7. The monoisotopic (exact) mass is 414 g/mol. The SMILES string of the molecule is CCOc1c(Cl)cc(C(=O)NCCc2coc(-c3ccc(C)cc3)n2)cc1OC. The highest BCUT2D eigenvalue weighted by molar-refractivity contribution is 6.32. The van der Waals surface area contributed by atoms with Crippen molar-refractivity contribution >= 4 is 17.5 Å². The second kappa shape index (κ2) is 9.47. The summed E-state index contributed by atoms with van der Waals surface area (Å²) >= 11 is 6.23. The molecule has 0 saturated heterocycles.